The lowest BCUT2D eigenvalue weighted by molar-refractivity contribution is -0.140. The molecule has 54 valence electrons. The van der Waals surface area contributed by atoms with Crippen LogP contribution in [0.25, 0.3) is 0 Å². The molecule has 0 saturated carbocycles. The van der Waals surface area contributed by atoms with E-state index in [2.05, 4.69) is 17.4 Å². The first kappa shape index (κ1) is 8.78. The molecule has 3 nitrogen and oxygen atoms in total. The third-order valence-electron chi connectivity index (χ3n) is 0.913. The van der Waals surface area contributed by atoms with Crippen molar-refractivity contribution >= 4 is 18.6 Å². The molecule has 0 aromatic heterocycles. The molecular formula is C5H11NO2S. The maximum Gasteiger partial charge on any atom is 0.318 e. The molecule has 0 aromatic rings. The molecule has 0 aliphatic heterocycles. The highest BCUT2D eigenvalue weighted by Crippen LogP contribution is 2.00. The van der Waals surface area contributed by atoms with E-state index in [4.69, 9.17) is 5.73 Å². The summed E-state index contributed by atoms with van der Waals surface area (Å²) in [6.07, 6.45) is 0.565. The van der Waals surface area contributed by atoms with Gasteiger partial charge in [0.05, 0.1) is 7.11 Å². The standard InChI is InChI=1S/C5H11NO2S/c1-8-5(7)4(9)2-3-6/h4,9H,2-3,6H2,1H3. The van der Waals surface area contributed by atoms with Gasteiger partial charge in [0.1, 0.15) is 5.25 Å². The van der Waals surface area contributed by atoms with E-state index in [1.807, 2.05) is 0 Å². The normalized spacial score (nSPS) is 12.8. The predicted molar refractivity (Wildman–Crippen MR) is 38.5 cm³/mol. The first-order valence-electron chi connectivity index (χ1n) is 2.68. The van der Waals surface area contributed by atoms with Crippen LogP contribution in [0.15, 0.2) is 0 Å². The van der Waals surface area contributed by atoms with Crippen molar-refractivity contribution in [2.75, 3.05) is 13.7 Å². The first-order valence-corrected chi connectivity index (χ1v) is 3.20. The number of hydrogen-bond donors (Lipinski definition) is 2. The molecule has 0 rings (SSSR count). The number of nitrogens with two attached hydrogens (primary N) is 1. The number of ether oxygens (including phenoxy) is 1. The second-order valence-corrected chi connectivity index (χ2v) is 2.24. The fourth-order valence-corrected chi connectivity index (χ4v) is 0.666. The van der Waals surface area contributed by atoms with Gasteiger partial charge in [-0.2, -0.15) is 12.6 Å². The van der Waals surface area contributed by atoms with Crippen LogP contribution in [0.5, 0.6) is 0 Å². The lowest BCUT2D eigenvalue weighted by Crippen LogP contribution is -2.19. The van der Waals surface area contributed by atoms with Crippen LogP contribution < -0.4 is 5.73 Å². The van der Waals surface area contributed by atoms with Crippen molar-refractivity contribution in [3.05, 3.63) is 0 Å². The summed E-state index contributed by atoms with van der Waals surface area (Å²) in [4.78, 5) is 10.5. The Hall–Kier alpha value is -0.220. The topological polar surface area (TPSA) is 52.3 Å². The van der Waals surface area contributed by atoms with Crippen LogP contribution in [0.2, 0.25) is 0 Å². The Morgan fingerprint density at radius 1 is 1.89 bits per heavy atom. The average Bonchev–Trinajstić information content (AvgIpc) is 1.87. The molecule has 0 aromatic carbocycles. The van der Waals surface area contributed by atoms with Crippen LogP contribution in [0, 0.1) is 0 Å². The van der Waals surface area contributed by atoms with Crippen molar-refractivity contribution in [1.82, 2.24) is 0 Å². The molecular weight excluding hydrogens is 138 g/mol. The number of hydrogen-bond acceptors (Lipinski definition) is 4. The Bertz CT molecular complexity index is 97.0. The molecule has 4 heteroatoms. The number of thiol groups is 1. The molecule has 0 aliphatic rings. The molecule has 0 aliphatic carbocycles. The van der Waals surface area contributed by atoms with E-state index in [0.29, 0.717) is 13.0 Å². The Morgan fingerprint density at radius 2 is 2.44 bits per heavy atom. The van der Waals surface area contributed by atoms with Crippen molar-refractivity contribution in [1.29, 1.82) is 0 Å². The third kappa shape index (κ3) is 3.37. The highest BCUT2D eigenvalue weighted by Gasteiger charge is 2.11. The van der Waals surface area contributed by atoms with Gasteiger partial charge in [-0.05, 0) is 13.0 Å². The largest absolute Gasteiger partial charge is 0.468 e. The fourth-order valence-electron chi connectivity index (χ4n) is 0.412. The molecule has 0 amide bonds. The van der Waals surface area contributed by atoms with E-state index >= 15 is 0 Å². The summed E-state index contributed by atoms with van der Waals surface area (Å²) >= 11 is 3.93. The van der Waals surface area contributed by atoms with E-state index in [1.165, 1.54) is 7.11 Å². The van der Waals surface area contributed by atoms with Gasteiger partial charge in [-0.25, -0.2) is 0 Å². The molecule has 0 fully saturated rings. The maximum atomic E-state index is 10.5. The number of esters is 1. The second-order valence-electron chi connectivity index (χ2n) is 1.62. The fraction of sp³-hybridized carbons (Fsp3) is 0.800. The Kier molecular flexibility index (Phi) is 4.53. The summed E-state index contributed by atoms with van der Waals surface area (Å²) in [6.45, 7) is 0.462. The summed E-state index contributed by atoms with van der Waals surface area (Å²) in [6, 6.07) is 0. The van der Waals surface area contributed by atoms with Gasteiger partial charge in [0.15, 0.2) is 0 Å². The number of carbonyl (C=O) groups excluding carboxylic acids is 1. The zero-order chi connectivity index (χ0) is 7.28. The molecule has 2 N–H and O–H groups in total. The molecule has 1 unspecified atom stereocenters. The van der Waals surface area contributed by atoms with Gasteiger partial charge in [-0.3, -0.25) is 4.79 Å². The minimum Gasteiger partial charge on any atom is -0.468 e. The van der Waals surface area contributed by atoms with Crippen LogP contribution in [-0.2, 0) is 9.53 Å². The van der Waals surface area contributed by atoms with Crippen molar-refractivity contribution in [3.8, 4) is 0 Å². The number of carbonyl (C=O) groups is 1. The second kappa shape index (κ2) is 4.64. The van der Waals surface area contributed by atoms with E-state index in [1.54, 1.807) is 0 Å². The minimum atomic E-state index is -0.361. The van der Waals surface area contributed by atoms with Crippen molar-refractivity contribution < 1.29 is 9.53 Å². The summed E-state index contributed by atoms with van der Waals surface area (Å²) in [5.41, 5.74) is 5.17. The predicted octanol–water partition coefficient (Wildman–Crippen LogP) is -0.193. The van der Waals surface area contributed by atoms with Crippen LogP contribution in [0.3, 0.4) is 0 Å². The first-order chi connectivity index (χ1) is 4.22. The quantitative estimate of drug-likeness (QED) is 0.432. The van der Waals surface area contributed by atoms with Crippen LogP contribution in [0.4, 0.5) is 0 Å². The third-order valence-corrected chi connectivity index (χ3v) is 1.38. The van der Waals surface area contributed by atoms with E-state index < -0.39 is 0 Å². The van der Waals surface area contributed by atoms with E-state index in [-0.39, 0.29) is 11.2 Å². The van der Waals surface area contributed by atoms with Crippen LogP contribution in [0.1, 0.15) is 6.42 Å². The number of methoxy groups -OCH3 is 1. The van der Waals surface area contributed by atoms with Gasteiger partial charge >= 0.3 is 5.97 Å². The lowest BCUT2D eigenvalue weighted by Gasteiger charge is -2.04. The van der Waals surface area contributed by atoms with Gasteiger partial charge in [-0.15, -0.1) is 0 Å². The van der Waals surface area contributed by atoms with Crippen LogP contribution in [-0.4, -0.2) is 24.9 Å². The SMILES string of the molecule is COC(=O)C(S)CCN. The molecule has 9 heavy (non-hydrogen) atoms. The number of rotatable bonds is 3. The molecule has 1 atom stereocenters. The van der Waals surface area contributed by atoms with Crippen molar-refractivity contribution in [2.24, 2.45) is 5.73 Å². The van der Waals surface area contributed by atoms with Gasteiger partial charge in [0, 0.05) is 0 Å². The van der Waals surface area contributed by atoms with Gasteiger partial charge in [0.25, 0.3) is 0 Å². The van der Waals surface area contributed by atoms with E-state index in [9.17, 15) is 4.79 Å². The Morgan fingerprint density at radius 3 is 2.78 bits per heavy atom. The van der Waals surface area contributed by atoms with E-state index in [0.717, 1.165) is 0 Å². The smallest absolute Gasteiger partial charge is 0.318 e. The summed E-state index contributed by atoms with van der Waals surface area (Å²) in [5.74, 6) is -0.316. The van der Waals surface area contributed by atoms with Crippen molar-refractivity contribution in [2.45, 2.75) is 11.7 Å². The molecule has 0 heterocycles. The minimum absolute atomic E-state index is 0.316. The Labute approximate surface area is 60.0 Å². The highest BCUT2D eigenvalue weighted by molar-refractivity contribution is 7.81. The summed E-state index contributed by atoms with van der Waals surface area (Å²) in [7, 11) is 1.34. The highest BCUT2D eigenvalue weighted by atomic mass is 32.1. The van der Waals surface area contributed by atoms with Gasteiger partial charge < -0.3 is 10.5 Å². The van der Waals surface area contributed by atoms with Gasteiger partial charge in [0.2, 0.25) is 0 Å². The zero-order valence-electron chi connectivity index (χ0n) is 5.33. The van der Waals surface area contributed by atoms with Crippen molar-refractivity contribution in [3.63, 3.8) is 0 Å². The van der Waals surface area contributed by atoms with Crippen LogP contribution >= 0.6 is 12.6 Å². The molecule has 0 bridgehead atoms. The molecule has 0 saturated heterocycles. The summed E-state index contributed by atoms with van der Waals surface area (Å²) in [5, 5.41) is -0.361. The monoisotopic (exact) mass is 149 g/mol. The molecule has 0 spiro atoms. The zero-order valence-corrected chi connectivity index (χ0v) is 6.23. The molecule has 0 radical (unpaired) electrons. The Balaban J connectivity index is 3.45. The average molecular weight is 149 g/mol. The lowest BCUT2D eigenvalue weighted by atomic mass is 10.3. The maximum absolute atomic E-state index is 10.5. The van der Waals surface area contributed by atoms with Gasteiger partial charge in [-0.1, -0.05) is 0 Å². The summed E-state index contributed by atoms with van der Waals surface area (Å²) < 4.78 is 4.39.